The number of halogens is 4. The van der Waals surface area contributed by atoms with Gasteiger partial charge < -0.3 is 0 Å². The summed E-state index contributed by atoms with van der Waals surface area (Å²) in [7, 11) is 1.45. The van der Waals surface area contributed by atoms with Gasteiger partial charge in [-0.05, 0) is 54.4 Å². The first-order valence-corrected chi connectivity index (χ1v) is 7.65. The van der Waals surface area contributed by atoms with Crippen LogP contribution in [0.3, 0.4) is 0 Å². The second kappa shape index (κ2) is 5.65. The Kier molecular flexibility index (Phi) is 3.93. The van der Waals surface area contributed by atoms with Crippen molar-refractivity contribution in [1.82, 2.24) is 0 Å². The molecule has 2 amide bonds. The first kappa shape index (κ1) is 16.0. The number of fused-ring (bicyclic) bond motifs is 1. The van der Waals surface area contributed by atoms with E-state index < -0.39 is 17.8 Å². The molecule has 0 spiro atoms. The van der Waals surface area contributed by atoms with E-state index in [1.165, 1.54) is 22.3 Å². The van der Waals surface area contributed by atoms with E-state index in [-0.39, 0.29) is 5.69 Å². The molecule has 1 aliphatic heterocycles. The van der Waals surface area contributed by atoms with E-state index in [1.54, 1.807) is 24.3 Å². The number of amides is 2. The van der Waals surface area contributed by atoms with Crippen molar-refractivity contribution in [1.29, 1.82) is 0 Å². The highest BCUT2D eigenvalue weighted by Crippen LogP contribution is 2.43. The number of benzene rings is 2. The third-order valence-corrected chi connectivity index (χ3v) is 4.70. The van der Waals surface area contributed by atoms with Crippen molar-refractivity contribution in [3.63, 3.8) is 0 Å². The van der Waals surface area contributed by atoms with Gasteiger partial charge in [-0.1, -0.05) is 11.6 Å². The molecule has 0 fully saturated rings. The fraction of sp³-hybridized carbons (Fsp3) is 0.133. The molecule has 3 rings (SSSR count). The summed E-state index contributed by atoms with van der Waals surface area (Å²) in [5.74, 6) is 0. The molecule has 2 aromatic carbocycles. The highest BCUT2D eigenvalue weighted by molar-refractivity contribution is 8.01. The topological polar surface area (TPSA) is 23.6 Å². The normalized spacial score (nSPS) is 14.9. The lowest BCUT2D eigenvalue weighted by molar-refractivity contribution is -0.137. The van der Waals surface area contributed by atoms with E-state index in [0.29, 0.717) is 15.6 Å². The Bertz CT molecular complexity index is 764. The average Bonchev–Trinajstić information content (AvgIpc) is 2.50. The molecule has 8 heteroatoms. The molecule has 0 saturated heterocycles. The fourth-order valence-corrected chi connectivity index (χ4v) is 3.32. The second-order valence-electron chi connectivity index (χ2n) is 4.88. The monoisotopic (exact) mass is 358 g/mol. The molecule has 0 aliphatic carbocycles. The van der Waals surface area contributed by atoms with Gasteiger partial charge in [-0.3, -0.25) is 4.90 Å². The number of rotatable bonds is 1. The van der Waals surface area contributed by atoms with Crippen LogP contribution in [0.4, 0.5) is 29.3 Å². The zero-order valence-corrected chi connectivity index (χ0v) is 13.3. The largest absolute Gasteiger partial charge is 0.416 e. The zero-order valence-electron chi connectivity index (χ0n) is 11.8. The highest BCUT2D eigenvalue weighted by Gasteiger charge is 2.35. The van der Waals surface area contributed by atoms with Crippen molar-refractivity contribution in [2.45, 2.75) is 11.1 Å². The summed E-state index contributed by atoms with van der Waals surface area (Å²) < 4.78 is 39.9. The Labute approximate surface area is 139 Å². The van der Waals surface area contributed by atoms with Gasteiger partial charge in [0.15, 0.2) is 0 Å². The molecule has 2 aromatic rings. The number of urea groups is 1. The van der Waals surface area contributed by atoms with E-state index in [4.69, 9.17) is 11.6 Å². The molecule has 3 nitrogen and oxygen atoms in total. The summed E-state index contributed by atoms with van der Waals surface area (Å²) in [6.07, 6.45) is -4.45. The van der Waals surface area contributed by atoms with Crippen LogP contribution in [0.25, 0.3) is 0 Å². The van der Waals surface area contributed by atoms with Crippen LogP contribution < -0.4 is 9.21 Å². The number of carbonyl (C=O) groups is 1. The van der Waals surface area contributed by atoms with Gasteiger partial charge in [-0.2, -0.15) is 13.2 Å². The number of hydrogen-bond donors (Lipinski definition) is 0. The average molecular weight is 359 g/mol. The Morgan fingerprint density at radius 2 is 1.74 bits per heavy atom. The van der Waals surface area contributed by atoms with Crippen molar-refractivity contribution >= 4 is 41.0 Å². The maximum atomic E-state index is 12.8. The molecule has 1 aliphatic rings. The maximum Gasteiger partial charge on any atom is 0.416 e. The molecule has 0 atom stereocenters. The molecule has 1 heterocycles. The molecule has 120 valence electrons. The summed E-state index contributed by atoms with van der Waals surface area (Å²) in [4.78, 5) is 14.2. The number of nitrogens with zero attached hydrogens (tertiary/aromatic N) is 2. The van der Waals surface area contributed by atoms with Crippen molar-refractivity contribution in [3.05, 3.63) is 53.1 Å². The van der Waals surface area contributed by atoms with Gasteiger partial charge in [0.2, 0.25) is 0 Å². The summed E-state index contributed by atoms with van der Waals surface area (Å²) in [6.45, 7) is 0. The molecule has 23 heavy (non-hydrogen) atoms. The van der Waals surface area contributed by atoms with Gasteiger partial charge in [0, 0.05) is 12.1 Å². The van der Waals surface area contributed by atoms with Gasteiger partial charge in [-0.25, -0.2) is 9.10 Å². The first-order chi connectivity index (χ1) is 10.8. The Hall–Kier alpha value is -1.86. The Balaban J connectivity index is 2.00. The minimum atomic E-state index is -4.45. The third kappa shape index (κ3) is 2.98. The van der Waals surface area contributed by atoms with Gasteiger partial charge in [0.25, 0.3) is 0 Å². The summed E-state index contributed by atoms with van der Waals surface area (Å²) in [6, 6.07) is 9.58. The molecule has 0 bridgehead atoms. The lowest BCUT2D eigenvalue weighted by atomic mass is 10.2. The smallest absolute Gasteiger partial charge is 0.295 e. The van der Waals surface area contributed by atoms with Crippen LogP contribution in [0.15, 0.2) is 47.4 Å². The van der Waals surface area contributed by atoms with Crippen LogP contribution in [0, 0.1) is 0 Å². The van der Waals surface area contributed by atoms with E-state index in [2.05, 4.69) is 0 Å². The van der Waals surface area contributed by atoms with Crippen LogP contribution >= 0.6 is 23.5 Å². The predicted molar refractivity (Wildman–Crippen MR) is 85.0 cm³/mol. The van der Waals surface area contributed by atoms with Gasteiger partial charge in [0.05, 0.1) is 21.8 Å². The standard InChI is InChI=1S/C15H10ClF3N2OS/c1-20-12-8-9(15(17,18)19)2-7-13(12)23-21(14(20)22)11-5-3-10(16)4-6-11/h2-8H,1H3. The van der Waals surface area contributed by atoms with E-state index in [1.807, 2.05) is 0 Å². The zero-order chi connectivity index (χ0) is 16.8. The fourth-order valence-electron chi connectivity index (χ4n) is 2.15. The van der Waals surface area contributed by atoms with E-state index in [0.717, 1.165) is 24.1 Å². The number of hydrogen-bond acceptors (Lipinski definition) is 2. The van der Waals surface area contributed by atoms with Crippen molar-refractivity contribution < 1.29 is 18.0 Å². The molecule has 0 radical (unpaired) electrons. The SMILES string of the molecule is CN1C(=O)N(c2ccc(Cl)cc2)Sc2ccc(C(F)(F)F)cc21. The van der Waals surface area contributed by atoms with Gasteiger partial charge in [0.1, 0.15) is 0 Å². The van der Waals surface area contributed by atoms with Crippen molar-refractivity contribution in [2.75, 3.05) is 16.3 Å². The lowest BCUT2D eigenvalue weighted by Gasteiger charge is -2.34. The number of anilines is 2. The minimum absolute atomic E-state index is 0.236. The molecule has 0 aromatic heterocycles. The molecule has 0 saturated carbocycles. The lowest BCUT2D eigenvalue weighted by Crippen LogP contribution is -2.40. The summed E-state index contributed by atoms with van der Waals surface area (Å²) in [5, 5.41) is 0.534. The van der Waals surface area contributed by atoms with Gasteiger partial charge in [-0.15, -0.1) is 0 Å². The first-order valence-electron chi connectivity index (χ1n) is 6.50. The molecule has 0 N–H and O–H groups in total. The van der Waals surface area contributed by atoms with Crippen LogP contribution in [-0.2, 0) is 6.18 Å². The molecular weight excluding hydrogens is 349 g/mol. The van der Waals surface area contributed by atoms with E-state index >= 15 is 0 Å². The van der Waals surface area contributed by atoms with Crippen molar-refractivity contribution in [3.8, 4) is 0 Å². The van der Waals surface area contributed by atoms with Crippen molar-refractivity contribution in [2.24, 2.45) is 0 Å². The molecule has 0 unspecified atom stereocenters. The Morgan fingerprint density at radius 3 is 2.35 bits per heavy atom. The highest BCUT2D eigenvalue weighted by atomic mass is 35.5. The second-order valence-corrected chi connectivity index (χ2v) is 6.31. The number of carbonyl (C=O) groups excluding carboxylic acids is 1. The van der Waals surface area contributed by atoms with Gasteiger partial charge >= 0.3 is 12.2 Å². The van der Waals surface area contributed by atoms with Crippen LogP contribution in [0.1, 0.15) is 5.56 Å². The predicted octanol–water partition coefficient (Wildman–Crippen LogP) is 5.44. The minimum Gasteiger partial charge on any atom is -0.295 e. The summed E-state index contributed by atoms with van der Waals surface area (Å²) >= 11 is 6.91. The van der Waals surface area contributed by atoms with Crippen LogP contribution in [0.2, 0.25) is 5.02 Å². The maximum absolute atomic E-state index is 12.8. The van der Waals surface area contributed by atoms with Crippen LogP contribution in [-0.4, -0.2) is 13.1 Å². The Morgan fingerprint density at radius 1 is 1.09 bits per heavy atom. The molecular formula is C15H10ClF3N2OS. The quantitative estimate of drug-likeness (QED) is 0.633. The summed E-state index contributed by atoms with van der Waals surface area (Å²) in [5.41, 5.74) is 0.0540. The van der Waals surface area contributed by atoms with Crippen LogP contribution in [0.5, 0.6) is 0 Å². The third-order valence-electron chi connectivity index (χ3n) is 3.36. The number of alkyl halides is 3. The van der Waals surface area contributed by atoms with E-state index in [9.17, 15) is 18.0 Å².